The molecule has 0 aromatic heterocycles. The van der Waals surface area contributed by atoms with Crippen molar-refractivity contribution >= 4 is 17.7 Å². The third-order valence-corrected chi connectivity index (χ3v) is 6.54. The fourth-order valence-corrected chi connectivity index (χ4v) is 4.48. The lowest BCUT2D eigenvalue weighted by Gasteiger charge is -2.38. The SMILES string of the molecule is COC(=O)C(C)Oc1ccc(N2CCN(CCC3CCN(C(=O)OC(C)(C)C)CC3)CC2)cc1. The predicted octanol–water partition coefficient (Wildman–Crippen LogP) is 3.79. The van der Waals surface area contributed by atoms with Crippen molar-refractivity contribution in [2.45, 2.75) is 58.7 Å². The Morgan fingerprint density at radius 3 is 2.18 bits per heavy atom. The normalized spacial score (nSPS) is 19.0. The van der Waals surface area contributed by atoms with Crippen molar-refractivity contribution in [1.82, 2.24) is 9.80 Å². The molecule has 8 nitrogen and oxygen atoms in total. The van der Waals surface area contributed by atoms with Crippen molar-refractivity contribution in [1.29, 1.82) is 0 Å². The molecule has 2 heterocycles. The minimum atomic E-state index is -0.621. The van der Waals surface area contributed by atoms with E-state index in [1.807, 2.05) is 49.9 Å². The van der Waals surface area contributed by atoms with Crippen LogP contribution in [0.1, 0.15) is 47.0 Å². The van der Waals surface area contributed by atoms with Gasteiger partial charge in [-0.2, -0.15) is 0 Å². The molecule has 2 aliphatic heterocycles. The quantitative estimate of drug-likeness (QED) is 0.556. The standard InChI is InChI=1S/C26H41N3O5/c1-20(24(30)32-5)33-23-8-6-22(7-9-23)28-18-16-27(17-19-28)13-10-21-11-14-29(15-12-21)25(31)34-26(2,3)4/h6-9,20-21H,10-19H2,1-5H3. The summed E-state index contributed by atoms with van der Waals surface area (Å²) in [5, 5.41) is 0. The van der Waals surface area contributed by atoms with E-state index in [0.717, 1.165) is 58.7 Å². The van der Waals surface area contributed by atoms with Crippen LogP contribution in [-0.2, 0) is 14.3 Å². The molecule has 0 radical (unpaired) electrons. The van der Waals surface area contributed by atoms with Crippen molar-refractivity contribution < 1.29 is 23.8 Å². The highest BCUT2D eigenvalue weighted by molar-refractivity contribution is 5.74. The zero-order chi connectivity index (χ0) is 24.7. The molecule has 34 heavy (non-hydrogen) atoms. The van der Waals surface area contributed by atoms with Crippen molar-refractivity contribution in [2.24, 2.45) is 5.92 Å². The van der Waals surface area contributed by atoms with E-state index in [-0.39, 0.29) is 12.1 Å². The third kappa shape index (κ3) is 7.79. The first kappa shape index (κ1) is 26.1. The van der Waals surface area contributed by atoms with Crippen LogP contribution < -0.4 is 9.64 Å². The Labute approximate surface area is 204 Å². The molecule has 0 saturated carbocycles. The Morgan fingerprint density at radius 1 is 1.00 bits per heavy atom. The number of rotatable bonds is 7. The van der Waals surface area contributed by atoms with Gasteiger partial charge in [0.15, 0.2) is 6.10 Å². The fourth-order valence-electron chi connectivity index (χ4n) is 4.48. The van der Waals surface area contributed by atoms with Gasteiger partial charge in [0.25, 0.3) is 0 Å². The van der Waals surface area contributed by atoms with Gasteiger partial charge >= 0.3 is 12.1 Å². The van der Waals surface area contributed by atoms with E-state index in [4.69, 9.17) is 14.2 Å². The van der Waals surface area contributed by atoms with Crippen LogP contribution in [0.15, 0.2) is 24.3 Å². The molecule has 1 amide bonds. The summed E-state index contributed by atoms with van der Waals surface area (Å²) in [6.45, 7) is 14.2. The summed E-state index contributed by atoms with van der Waals surface area (Å²) in [5.74, 6) is 0.962. The van der Waals surface area contributed by atoms with E-state index in [2.05, 4.69) is 9.80 Å². The van der Waals surface area contributed by atoms with E-state index in [1.54, 1.807) is 6.92 Å². The molecule has 1 atom stereocenters. The molecule has 0 spiro atoms. The monoisotopic (exact) mass is 475 g/mol. The van der Waals surface area contributed by atoms with Crippen LogP contribution in [0.3, 0.4) is 0 Å². The summed E-state index contributed by atoms with van der Waals surface area (Å²) >= 11 is 0. The average molecular weight is 476 g/mol. The number of benzene rings is 1. The van der Waals surface area contributed by atoms with Gasteiger partial charge in [0, 0.05) is 45.0 Å². The van der Waals surface area contributed by atoms with Gasteiger partial charge in [-0.25, -0.2) is 9.59 Å². The molecule has 0 N–H and O–H groups in total. The van der Waals surface area contributed by atoms with Gasteiger partial charge in [-0.1, -0.05) is 0 Å². The number of likely N-dealkylation sites (tertiary alicyclic amines) is 1. The van der Waals surface area contributed by atoms with Crippen molar-refractivity contribution in [2.75, 3.05) is 57.8 Å². The van der Waals surface area contributed by atoms with Gasteiger partial charge in [0.2, 0.25) is 0 Å². The Bertz CT molecular complexity index is 792. The molecule has 0 bridgehead atoms. The van der Waals surface area contributed by atoms with Crippen molar-refractivity contribution in [3.8, 4) is 5.75 Å². The number of esters is 1. The van der Waals surface area contributed by atoms with Gasteiger partial charge in [0.1, 0.15) is 11.4 Å². The van der Waals surface area contributed by atoms with Gasteiger partial charge in [0.05, 0.1) is 7.11 Å². The summed E-state index contributed by atoms with van der Waals surface area (Å²) in [4.78, 5) is 30.6. The number of piperidine rings is 1. The number of hydrogen-bond donors (Lipinski definition) is 0. The number of methoxy groups -OCH3 is 1. The molecule has 1 unspecified atom stereocenters. The molecule has 2 aliphatic rings. The highest BCUT2D eigenvalue weighted by atomic mass is 16.6. The minimum absolute atomic E-state index is 0.181. The Kier molecular flexibility index (Phi) is 9.05. The number of anilines is 1. The zero-order valence-electron chi connectivity index (χ0n) is 21.4. The summed E-state index contributed by atoms with van der Waals surface area (Å²) in [6, 6.07) is 7.91. The van der Waals surface area contributed by atoms with Crippen LogP contribution in [-0.4, -0.2) is 86.5 Å². The molecule has 1 aromatic carbocycles. The van der Waals surface area contributed by atoms with Crippen LogP contribution in [0.4, 0.5) is 10.5 Å². The average Bonchev–Trinajstić information content (AvgIpc) is 2.82. The maximum absolute atomic E-state index is 12.2. The molecule has 1 aromatic rings. The van der Waals surface area contributed by atoms with Crippen LogP contribution in [0.2, 0.25) is 0 Å². The first-order valence-electron chi connectivity index (χ1n) is 12.4. The highest BCUT2D eigenvalue weighted by Crippen LogP contribution is 2.24. The molecule has 190 valence electrons. The number of carbonyl (C=O) groups excluding carboxylic acids is 2. The lowest BCUT2D eigenvalue weighted by molar-refractivity contribution is -0.147. The van der Waals surface area contributed by atoms with Crippen molar-refractivity contribution in [3.05, 3.63) is 24.3 Å². The van der Waals surface area contributed by atoms with Crippen LogP contribution in [0.5, 0.6) is 5.75 Å². The van der Waals surface area contributed by atoms with Gasteiger partial charge in [-0.3, -0.25) is 4.90 Å². The summed E-state index contributed by atoms with van der Waals surface area (Å²) in [7, 11) is 1.36. The summed E-state index contributed by atoms with van der Waals surface area (Å²) in [5.41, 5.74) is 0.738. The highest BCUT2D eigenvalue weighted by Gasteiger charge is 2.27. The summed E-state index contributed by atoms with van der Waals surface area (Å²) < 4.78 is 15.8. The van der Waals surface area contributed by atoms with Gasteiger partial charge in [-0.15, -0.1) is 0 Å². The molecule has 8 heteroatoms. The molecule has 2 fully saturated rings. The molecule has 3 rings (SSSR count). The third-order valence-electron chi connectivity index (χ3n) is 6.54. The van der Waals surface area contributed by atoms with Gasteiger partial charge in [-0.05, 0) is 83.7 Å². The van der Waals surface area contributed by atoms with E-state index < -0.39 is 11.7 Å². The maximum atomic E-state index is 12.2. The topological polar surface area (TPSA) is 71.6 Å². The number of hydrogen-bond acceptors (Lipinski definition) is 7. The van der Waals surface area contributed by atoms with Gasteiger partial charge < -0.3 is 24.0 Å². The Hall–Kier alpha value is -2.48. The Balaban J connectivity index is 1.35. The second-order valence-electron chi connectivity index (χ2n) is 10.3. The van der Waals surface area contributed by atoms with Crippen LogP contribution in [0.25, 0.3) is 0 Å². The first-order chi connectivity index (χ1) is 16.1. The van der Waals surface area contributed by atoms with E-state index in [1.165, 1.54) is 19.2 Å². The maximum Gasteiger partial charge on any atom is 0.410 e. The fraction of sp³-hybridized carbons (Fsp3) is 0.692. The smallest absolute Gasteiger partial charge is 0.410 e. The lowest BCUT2D eigenvalue weighted by atomic mass is 9.93. The summed E-state index contributed by atoms with van der Waals surface area (Å²) in [6.07, 6.45) is 2.50. The zero-order valence-corrected chi connectivity index (χ0v) is 21.4. The Morgan fingerprint density at radius 2 is 1.62 bits per heavy atom. The predicted molar refractivity (Wildman–Crippen MR) is 132 cm³/mol. The number of amides is 1. The van der Waals surface area contributed by atoms with E-state index in [9.17, 15) is 9.59 Å². The second-order valence-corrected chi connectivity index (χ2v) is 10.3. The number of piperazine rings is 1. The largest absolute Gasteiger partial charge is 0.479 e. The van der Waals surface area contributed by atoms with Crippen LogP contribution in [0, 0.1) is 5.92 Å². The molecular formula is C26H41N3O5. The lowest BCUT2D eigenvalue weighted by Crippen LogP contribution is -2.47. The molecule has 0 aliphatic carbocycles. The van der Waals surface area contributed by atoms with E-state index in [0.29, 0.717) is 11.7 Å². The van der Waals surface area contributed by atoms with Crippen molar-refractivity contribution in [3.63, 3.8) is 0 Å². The molecular weight excluding hydrogens is 434 g/mol. The molecule has 2 saturated heterocycles. The minimum Gasteiger partial charge on any atom is -0.479 e. The first-order valence-corrected chi connectivity index (χ1v) is 12.4. The number of carbonyl (C=O) groups is 2. The second kappa shape index (κ2) is 11.8. The van der Waals surface area contributed by atoms with Crippen LogP contribution >= 0.6 is 0 Å². The number of ether oxygens (including phenoxy) is 3. The number of nitrogens with zero attached hydrogens (tertiary/aromatic N) is 3. The van der Waals surface area contributed by atoms with E-state index >= 15 is 0 Å².